The summed E-state index contributed by atoms with van der Waals surface area (Å²) in [6.45, 7) is 0.925. The minimum absolute atomic E-state index is 0.134. The minimum Gasteiger partial charge on any atom is -0.491 e. The Morgan fingerprint density at radius 3 is 2.41 bits per heavy atom. The first-order valence-electron chi connectivity index (χ1n) is 8.19. The number of methoxy groups -OCH3 is 1. The van der Waals surface area contributed by atoms with Crippen LogP contribution < -0.4 is 20.7 Å². The molecule has 2 aromatic rings. The zero-order chi connectivity index (χ0) is 19.6. The highest BCUT2D eigenvalue weighted by Gasteiger charge is 2.09. The Morgan fingerprint density at radius 2 is 1.74 bits per heavy atom. The molecule has 0 fully saturated rings. The first-order chi connectivity index (χ1) is 13.0. The predicted molar refractivity (Wildman–Crippen MR) is 107 cm³/mol. The summed E-state index contributed by atoms with van der Waals surface area (Å²) in [5.41, 5.74) is 1.53. The van der Waals surface area contributed by atoms with Crippen molar-refractivity contribution < 1.29 is 19.1 Å². The molecular formula is C19H21N3O4S. The van der Waals surface area contributed by atoms with Gasteiger partial charge in [0.05, 0.1) is 6.61 Å². The molecule has 0 saturated heterocycles. The maximum absolute atomic E-state index is 12.3. The maximum atomic E-state index is 12.3. The highest BCUT2D eigenvalue weighted by atomic mass is 32.1. The number of hydrogen-bond acceptors (Lipinski definition) is 5. The second-order valence-corrected chi connectivity index (χ2v) is 5.84. The molecule has 2 aromatic carbocycles. The van der Waals surface area contributed by atoms with Crippen molar-refractivity contribution in [2.45, 2.75) is 0 Å². The highest BCUT2D eigenvalue weighted by molar-refractivity contribution is 7.80. The molecule has 2 amide bonds. The number of thiocarbonyl (C=S) groups is 1. The van der Waals surface area contributed by atoms with Crippen molar-refractivity contribution >= 4 is 34.8 Å². The van der Waals surface area contributed by atoms with Crippen molar-refractivity contribution in [1.82, 2.24) is 10.6 Å². The molecule has 8 heteroatoms. The Kier molecular flexibility index (Phi) is 7.72. The number of benzene rings is 2. The third kappa shape index (κ3) is 6.36. The molecule has 142 valence electrons. The first kappa shape index (κ1) is 20.3. The Bertz CT molecular complexity index is 809. The smallest absolute Gasteiger partial charge is 0.257 e. The van der Waals surface area contributed by atoms with Crippen molar-refractivity contribution in [2.75, 3.05) is 32.7 Å². The van der Waals surface area contributed by atoms with Crippen LogP contribution in [0.25, 0.3) is 0 Å². The third-order valence-electron chi connectivity index (χ3n) is 3.51. The lowest BCUT2D eigenvalue weighted by atomic mass is 10.2. The summed E-state index contributed by atoms with van der Waals surface area (Å²) in [5.74, 6) is 0.0927. The fourth-order valence-corrected chi connectivity index (χ4v) is 2.38. The summed E-state index contributed by atoms with van der Waals surface area (Å²) < 4.78 is 10.4. The Morgan fingerprint density at radius 1 is 1.00 bits per heavy atom. The largest absolute Gasteiger partial charge is 0.491 e. The van der Waals surface area contributed by atoms with Gasteiger partial charge in [-0.15, -0.1) is 0 Å². The lowest BCUT2D eigenvalue weighted by Gasteiger charge is -2.11. The van der Waals surface area contributed by atoms with E-state index in [-0.39, 0.29) is 16.9 Å². The van der Waals surface area contributed by atoms with Crippen molar-refractivity contribution in [2.24, 2.45) is 0 Å². The van der Waals surface area contributed by atoms with Crippen LogP contribution in [0.5, 0.6) is 5.75 Å². The van der Waals surface area contributed by atoms with Gasteiger partial charge in [0.2, 0.25) is 0 Å². The number of carbonyl (C=O) groups excluding carboxylic acids is 2. The molecule has 0 saturated carbocycles. The number of rotatable bonds is 7. The van der Waals surface area contributed by atoms with Crippen LogP contribution in [0.3, 0.4) is 0 Å². The second kappa shape index (κ2) is 10.2. The molecule has 0 aliphatic heterocycles. The Balaban J connectivity index is 1.91. The number of carbonyl (C=O) groups is 2. The number of ether oxygens (including phenoxy) is 2. The van der Waals surface area contributed by atoms with Gasteiger partial charge in [-0.05, 0) is 54.7 Å². The van der Waals surface area contributed by atoms with Gasteiger partial charge in [-0.2, -0.15) is 0 Å². The third-order valence-corrected chi connectivity index (χ3v) is 3.71. The van der Waals surface area contributed by atoms with Gasteiger partial charge in [-0.25, -0.2) is 0 Å². The summed E-state index contributed by atoms with van der Waals surface area (Å²) in [7, 11) is 3.16. The maximum Gasteiger partial charge on any atom is 0.257 e. The van der Waals surface area contributed by atoms with Crippen LogP contribution in [-0.4, -0.2) is 44.3 Å². The zero-order valence-corrected chi connectivity index (χ0v) is 15.9. The molecule has 0 aliphatic rings. The van der Waals surface area contributed by atoms with Gasteiger partial charge >= 0.3 is 0 Å². The van der Waals surface area contributed by atoms with Gasteiger partial charge in [0, 0.05) is 31.0 Å². The molecule has 0 unspecified atom stereocenters. The van der Waals surface area contributed by atoms with Crippen LogP contribution in [0.1, 0.15) is 20.7 Å². The van der Waals surface area contributed by atoms with Crippen LogP contribution in [-0.2, 0) is 4.74 Å². The van der Waals surface area contributed by atoms with Crippen molar-refractivity contribution in [3.8, 4) is 5.75 Å². The normalized spacial score (nSPS) is 10.0. The molecule has 3 N–H and O–H groups in total. The summed E-state index contributed by atoms with van der Waals surface area (Å²) in [6.07, 6.45) is 0. The van der Waals surface area contributed by atoms with Crippen LogP contribution in [0, 0.1) is 0 Å². The minimum atomic E-state index is -0.349. The summed E-state index contributed by atoms with van der Waals surface area (Å²) in [5, 5.41) is 8.17. The topological polar surface area (TPSA) is 88.7 Å². The quantitative estimate of drug-likeness (QED) is 0.499. The molecule has 0 radical (unpaired) electrons. The molecule has 0 heterocycles. The molecule has 0 aromatic heterocycles. The van der Waals surface area contributed by atoms with Crippen LogP contribution in [0.15, 0.2) is 48.5 Å². The van der Waals surface area contributed by atoms with Crippen molar-refractivity contribution in [1.29, 1.82) is 0 Å². The summed E-state index contributed by atoms with van der Waals surface area (Å²) in [4.78, 5) is 23.9. The van der Waals surface area contributed by atoms with Gasteiger partial charge in [0.15, 0.2) is 5.11 Å². The van der Waals surface area contributed by atoms with Gasteiger partial charge in [-0.3, -0.25) is 14.9 Å². The van der Waals surface area contributed by atoms with Crippen LogP contribution in [0.2, 0.25) is 0 Å². The van der Waals surface area contributed by atoms with E-state index in [0.29, 0.717) is 35.8 Å². The van der Waals surface area contributed by atoms with E-state index >= 15 is 0 Å². The van der Waals surface area contributed by atoms with E-state index in [0.717, 1.165) is 0 Å². The van der Waals surface area contributed by atoms with Crippen LogP contribution in [0.4, 0.5) is 5.69 Å². The van der Waals surface area contributed by atoms with E-state index < -0.39 is 0 Å². The molecule has 27 heavy (non-hydrogen) atoms. The van der Waals surface area contributed by atoms with Gasteiger partial charge < -0.3 is 20.1 Å². The SMILES string of the molecule is CNC(=O)c1cccc(NC(=S)NC(=O)c2ccc(OCCOC)cc2)c1. The Hall–Kier alpha value is -2.97. The van der Waals surface area contributed by atoms with E-state index in [1.165, 1.54) is 0 Å². The fourth-order valence-electron chi connectivity index (χ4n) is 2.17. The molecule has 0 spiro atoms. The van der Waals surface area contributed by atoms with Gasteiger partial charge in [-0.1, -0.05) is 6.07 Å². The number of amides is 2. The van der Waals surface area contributed by atoms with E-state index in [4.69, 9.17) is 21.7 Å². The lowest BCUT2D eigenvalue weighted by molar-refractivity contribution is 0.0959. The van der Waals surface area contributed by atoms with E-state index in [1.54, 1.807) is 62.7 Å². The zero-order valence-electron chi connectivity index (χ0n) is 15.1. The average Bonchev–Trinajstić information content (AvgIpc) is 2.68. The summed E-state index contributed by atoms with van der Waals surface area (Å²) in [6, 6.07) is 13.5. The van der Waals surface area contributed by atoms with Crippen molar-refractivity contribution in [3.63, 3.8) is 0 Å². The molecular weight excluding hydrogens is 366 g/mol. The number of hydrogen-bond donors (Lipinski definition) is 3. The fraction of sp³-hybridized carbons (Fsp3) is 0.211. The van der Waals surface area contributed by atoms with E-state index in [1.807, 2.05) is 0 Å². The Labute approximate surface area is 163 Å². The van der Waals surface area contributed by atoms with Gasteiger partial charge in [0.1, 0.15) is 12.4 Å². The molecule has 0 bridgehead atoms. The molecule has 2 rings (SSSR count). The van der Waals surface area contributed by atoms with Gasteiger partial charge in [0.25, 0.3) is 11.8 Å². The first-order valence-corrected chi connectivity index (χ1v) is 8.60. The monoisotopic (exact) mass is 387 g/mol. The average molecular weight is 387 g/mol. The predicted octanol–water partition coefficient (Wildman–Crippen LogP) is 2.20. The lowest BCUT2D eigenvalue weighted by Crippen LogP contribution is -2.34. The standard InChI is InChI=1S/C19H21N3O4S/c1-20-17(23)14-4-3-5-15(12-14)21-19(27)22-18(24)13-6-8-16(9-7-13)26-11-10-25-2/h3-9,12H,10-11H2,1-2H3,(H,20,23)(H2,21,22,24,27). The van der Waals surface area contributed by atoms with E-state index in [2.05, 4.69) is 16.0 Å². The van der Waals surface area contributed by atoms with Crippen molar-refractivity contribution in [3.05, 3.63) is 59.7 Å². The van der Waals surface area contributed by atoms with Crippen LogP contribution >= 0.6 is 12.2 Å². The second-order valence-electron chi connectivity index (χ2n) is 5.43. The number of nitrogens with one attached hydrogen (secondary N) is 3. The van der Waals surface area contributed by atoms with E-state index in [9.17, 15) is 9.59 Å². The molecule has 7 nitrogen and oxygen atoms in total. The summed E-state index contributed by atoms with van der Waals surface area (Å²) >= 11 is 5.16. The molecule has 0 aliphatic carbocycles. The number of anilines is 1. The highest BCUT2D eigenvalue weighted by Crippen LogP contribution is 2.13. The molecule has 0 atom stereocenters.